The van der Waals surface area contributed by atoms with Gasteiger partial charge in [0.15, 0.2) is 0 Å². The molecule has 1 radical (unpaired) electrons. The maximum absolute atomic E-state index is 10.3. The first-order chi connectivity index (χ1) is 4.70. The summed E-state index contributed by atoms with van der Waals surface area (Å²) in [7, 11) is 0. The van der Waals surface area contributed by atoms with Crippen LogP contribution in [0.4, 0.5) is 0 Å². The molecule has 59 valence electrons. The van der Waals surface area contributed by atoms with Crippen molar-refractivity contribution in [3.05, 3.63) is 33.4 Å². The van der Waals surface area contributed by atoms with Gasteiger partial charge in [0.25, 0.3) is 0 Å². The normalized spacial score (nSPS) is 8.45. The number of carboxylic acids is 1. The first-order valence-corrected chi connectivity index (χ1v) is 3.77. The van der Waals surface area contributed by atoms with E-state index in [0.29, 0.717) is 5.56 Å². The number of halogens is 1. The van der Waals surface area contributed by atoms with Gasteiger partial charge in [-0.25, -0.2) is 4.79 Å². The minimum Gasteiger partial charge on any atom is -0.478 e. The Bertz CT molecular complexity index is 245. The van der Waals surface area contributed by atoms with Gasteiger partial charge >= 0.3 is 5.97 Å². The van der Waals surface area contributed by atoms with E-state index in [9.17, 15) is 4.79 Å². The molecular formula is C7H5IMnO2. The molecule has 0 bridgehead atoms. The van der Waals surface area contributed by atoms with Crippen LogP contribution in [0, 0.1) is 3.57 Å². The average molecular weight is 303 g/mol. The molecule has 11 heavy (non-hydrogen) atoms. The van der Waals surface area contributed by atoms with Gasteiger partial charge in [0.1, 0.15) is 0 Å². The molecule has 1 aromatic rings. The Morgan fingerprint density at radius 2 is 1.73 bits per heavy atom. The molecule has 1 rings (SSSR count). The van der Waals surface area contributed by atoms with Crippen LogP contribution < -0.4 is 0 Å². The van der Waals surface area contributed by atoms with Crippen LogP contribution >= 0.6 is 22.6 Å². The Morgan fingerprint density at radius 1 is 1.27 bits per heavy atom. The fraction of sp³-hybridized carbons (Fsp3) is 0. The summed E-state index contributed by atoms with van der Waals surface area (Å²) in [4.78, 5) is 10.3. The summed E-state index contributed by atoms with van der Waals surface area (Å²) in [6.07, 6.45) is 0. The molecule has 0 spiro atoms. The van der Waals surface area contributed by atoms with Crippen LogP contribution in [0.3, 0.4) is 0 Å². The smallest absolute Gasteiger partial charge is 0.335 e. The van der Waals surface area contributed by atoms with Gasteiger partial charge in [-0.05, 0) is 46.9 Å². The summed E-state index contributed by atoms with van der Waals surface area (Å²) in [6.45, 7) is 0. The molecule has 0 aliphatic carbocycles. The number of hydrogen-bond acceptors (Lipinski definition) is 1. The summed E-state index contributed by atoms with van der Waals surface area (Å²) in [5, 5.41) is 8.47. The Kier molecular flexibility index (Phi) is 4.72. The van der Waals surface area contributed by atoms with Gasteiger partial charge in [0.2, 0.25) is 0 Å². The number of hydrogen-bond donors (Lipinski definition) is 1. The zero-order valence-corrected chi connectivity index (χ0v) is 8.76. The number of aromatic carboxylic acids is 1. The number of carboxylic acid groups (broad SMARTS) is 1. The molecule has 0 saturated heterocycles. The third-order valence-electron chi connectivity index (χ3n) is 1.09. The van der Waals surface area contributed by atoms with Crippen molar-refractivity contribution in [2.75, 3.05) is 0 Å². The Hall–Kier alpha value is -0.0605. The number of benzene rings is 1. The van der Waals surface area contributed by atoms with Crippen LogP contribution in [0.5, 0.6) is 0 Å². The minimum atomic E-state index is -0.878. The molecule has 0 atom stereocenters. The van der Waals surface area contributed by atoms with Crippen molar-refractivity contribution in [1.29, 1.82) is 0 Å². The van der Waals surface area contributed by atoms with Gasteiger partial charge in [-0.15, -0.1) is 0 Å². The summed E-state index contributed by atoms with van der Waals surface area (Å²) >= 11 is 2.13. The Balaban J connectivity index is 0.000001000. The molecule has 1 N–H and O–H groups in total. The quantitative estimate of drug-likeness (QED) is 0.636. The van der Waals surface area contributed by atoms with Crippen molar-refractivity contribution in [2.24, 2.45) is 0 Å². The second-order valence-corrected chi connectivity index (χ2v) is 3.06. The van der Waals surface area contributed by atoms with Gasteiger partial charge in [-0.1, -0.05) is 0 Å². The summed E-state index contributed by atoms with van der Waals surface area (Å²) in [5.41, 5.74) is 0.334. The molecule has 0 aromatic heterocycles. The first-order valence-electron chi connectivity index (χ1n) is 2.69. The van der Waals surface area contributed by atoms with Gasteiger partial charge < -0.3 is 5.11 Å². The van der Waals surface area contributed by atoms with Crippen molar-refractivity contribution >= 4 is 28.6 Å². The number of carbonyl (C=O) groups is 1. The van der Waals surface area contributed by atoms with Crippen molar-refractivity contribution in [1.82, 2.24) is 0 Å². The van der Waals surface area contributed by atoms with E-state index in [1.165, 1.54) is 0 Å². The van der Waals surface area contributed by atoms with Gasteiger partial charge in [0, 0.05) is 20.6 Å². The van der Waals surface area contributed by atoms with Crippen LogP contribution in [0.25, 0.3) is 0 Å². The largest absolute Gasteiger partial charge is 0.478 e. The van der Waals surface area contributed by atoms with Crippen LogP contribution in [0.2, 0.25) is 0 Å². The standard InChI is InChI=1S/C7H5IO2.Mn/c8-6-3-1-5(2-4-6)7(9)10;/h1-4H,(H,9,10);. The molecule has 0 aliphatic rings. The molecule has 0 saturated carbocycles. The SMILES string of the molecule is O=C(O)c1ccc(I)cc1.[Mn]. The molecule has 0 heterocycles. The van der Waals surface area contributed by atoms with E-state index in [1.807, 2.05) is 0 Å². The predicted molar refractivity (Wildman–Crippen MR) is 46.1 cm³/mol. The summed E-state index contributed by atoms with van der Waals surface area (Å²) in [5.74, 6) is -0.878. The molecule has 0 amide bonds. The van der Waals surface area contributed by atoms with Gasteiger partial charge in [0.05, 0.1) is 5.56 Å². The molecule has 0 fully saturated rings. The van der Waals surface area contributed by atoms with Crippen LogP contribution in [0.1, 0.15) is 10.4 Å². The molecule has 0 unspecified atom stereocenters. The molecule has 2 nitrogen and oxygen atoms in total. The zero-order chi connectivity index (χ0) is 7.56. The molecular weight excluding hydrogens is 298 g/mol. The fourth-order valence-electron chi connectivity index (χ4n) is 0.592. The minimum absolute atomic E-state index is 0. The van der Waals surface area contributed by atoms with E-state index in [2.05, 4.69) is 22.6 Å². The summed E-state index contributed by atoms with van der Waals surface area (Å²) in [6, 6.07) is 6.71. The predicted octanol–water partition coefficient (Wildman–Crippen LogP) is 1.99. The van der Waals surface area contributed by atoms with Gasteiger partial charge in [-0.2, -0.15) is 0 Å². The van der Waals surface area contributed by atoms with E-state index in [1.54, 1.807) is 24.3 Å². The molecule has 1 aromatic carbocycles. The van der Waals surface area contributed by atoms with Crippen molar-refractivity contribution in [3.63, 3.8) is 0 Å². The van der Waals surface area contributed by atoms with Gasteiger partial charge in [-0.3, -0.25) is 0 Å². The van der Waals surface area contributed by atoms with Crippen LogP contribution in [-0.2, 0) is 17.1 Å². The second kappa shape index (κ2) is 4.74. The van der Waals surface area contributed by atoms with E-state index < -0.39 is 5.97 Å². The number of rotatable bonds is 1. The third-order valence-corrected chi connectivity index (χ3v) is 1.81. The van der Waals surface area contributed by atoms with Crippen LogP contribution in [0.15, 0.2) is 24.3 Å². The topological polar surface area (TPSA) is 37.3 Å². The van der Waals surface area contributed by atoms with Crippen molar-refractivity contribution < 1.29 is 27.0 Å². The first kappa shape index (κ1) is 10.9. The summed E-state index contributed by atoms with van der Waals surface area (Å²) < 4.78 is 1.04. The second-order valence-electron chi connectivity index (χ2n) is 1.81. The molecule has 0 aliphatic heterocycles. The van der Waals surface area contributed by atoms with E-state index >= 15 is 0 Å². The zero-order valence-electron chi connectivity index (χ0n) is 5.42. The maximum atomic E-state index is 10.3. The Labute approximate surface area is 88.6 Å². The van der Waals surface area contributed by atoms with Crippen LogP contribution in [-0.4, -0.2) is 11.1 Å². The van der Waals surface area contributed by atoms with Crippen molar-refractivity contribution in [3.8, 4) is 0 Å². The van der Waals surface area contributed by atoms with E-state index in [0.717, 1.165) is 3.57 Å². The van der Waals surface area contributed by atoms with E-state index in [-0.39, 0.29) is 17.1 Å². The van der Waals surface area contributed by atoms with Crippen molar-refractivity contribution in [2.45, 2.75) is 0 Å². The fourth-order valence-corrected chi connectivity index (χ4v) is 0.952. The monoisotopic (exact) mass is 303 g/mol. The average Bonchev–Trinajstić information content (AvgIpc) is 1.88. The van der Waals surface area contributed by atoms with E-state index in [4.69, 9.17) is 5.11 Å². The maximum Gasteiger partial charge on any atom is 0.335 e. The molecule has 4 heteroatoms. The third kappa shape index (κ3) is 3.22. The Morgan fingerprint density at radius 3 is 2.09 bits per heavy atom.